The summed E-state index contributed by atoms with van der Waals surface area (Å²) in [5, 5.41) is 25.5. The zero-order valence-corrected chi connectivity index (χ0v) is 27.1. The average molecular weight is 593 g/mol. The fraction of sp³-hybridized carbons (Fsp3) is 0.857. The summed E-state index contributed by atoms with van der Waals surface area (Å²) in [6, 6.07) is -1.70. The SMILES string of the molecule is CC.CCC(=O)CC(C)(C)OCC(C)(C)C(=O)NC(CSC1CCC1SCC(NC(C)(C)C)C(=O)O)C(=O)O. The van der Waals surface area contributed by atoms with E-state index in [0.29, 0.717) is 12.2 Å². The number of carboxylic acids is 2. The molecule has 1 aliphatic rings. The minimum atomic E-state index is -1.10. The molecule has 9 nitrogen and oxygen atoms in total. The summed E-state index contributed by atoms with van der Waals surface area (Å²) in [6.45, 7) is 18.6. The van der Waals surface area contributed by atoms with Gasteiger partial charge in [-0.3, -0.25) is 19.7 Å². The average Bonchev–Trinajstić information content (AvgIpc) is 2.80. The van der Waals surface area contributed by atoms with E-state index in [1.54, 1.807) is 46.4 Å². The van der Waals surface area contributed by atoms with Crippen LogP contribution in [0, 0.1) is 5.41 Å². The number of hydrogen-bond donors (Lipinski definition) is 4. The lowest BCUT2D eigenvalue weighted by Gasteiger charge is -2.37. The first-order valence-electron chi connectivity index (χ1n) is 13.8. The summed E-state index contributed by atoms with van der Waals surface area (Å²) in [6.07, 6.45) is 2.55. The molecule has 4 unspecified atom stereocenters. The van der Waals surface area contributed by atoms with Crippen molar-refractivity contribution in [2.24, 2.45) is 5.41 Å². The highest BCUT2D eigenvalue weighted by atomic mass is 32.2. The first-order valence-corrected chi connectivity index (χ1v) is 15.9. The van der Waals surface area contributed by atoms with E-state index < -0.39 is 40.9 Å². The summed E-state index contributed by atoms with van der Waals surface area (Å²) >= 11 is 3.11. The molecule has 0 aliphatic heterocycles. The van der Waals surface area contributed by atoms with Gasteiger partial charge in [0.05, 0.1) is 17.6 Å². The molecule has 4 N–H and O–H groups in total. The van der Waals surface area contributed by atoms with Crippen molar-refractivity contribution in [3.8, 4) is 0 Å². The summed E-state index contributed by atoms with van der Waals surface area (Å²) in [5.41, 5.74) is -2.01. The van der Waals surface area contributed by atoms with E-state index in [-0.39, 0.29) is 40.6 Å². The van der Waals surface area contributed by atoms with Crippen LogP contribution >= 0.6 is 23.5 Å². The van der Waals surface area contributed by atoms with Crippen molar-refractivity contribution >= 4 is 47.2 Å². The molecule has 11 heteroatoms. The molecule has 1 fully saturated rings. The van der Waals surface area contributed by atoms with E-state index in [2.05, 4.69) is 10.6 Å². The van der Waals surface area contributed by atoms with Crippen LogP contribution in [0.1, 0.15) is 94.9 Å². The quantitative estimate of drug-likeness (QED) is 0.189. The molecule has 39 heavy (non-hydrogen) atoms. The summed E-state index contributed by atoms with van der Waals surface area (Å²) in [5.74, 6) is -1.68. The highest BCUT2D eigenvalue weighted by molar-refractivity contribution is 8.04. The minimum Gasteiger partial charge on any atom is -0.480 e. The molecule has 0 aromatic carbocycles. The van der Waals surface area contributed by atoms with E-state index in [4.69, 9.17) is 4.74 Å². The van der Waals surface area contributed by atoms with E-state index in [9.17, 15) is 29.4 Å². The number of amides is 1. The monoisotopic (exact) mass is 592 g/mol. The molecule has 0 bridgehead atoms. The van der Waals surface area contributed by atoms with Gasteiger partial charge < -0.3 is 20.3 Å². The number of ketones is 1. The fourth-order valence-corrected chi connectivity index (χ4v) is 6.69. The largest absolute Gasteiger partial charge is 0.480 e. The number of ether oxygens (including phenoxy) is 1. The van der Waals surface area contributed by atoms with Gasteiger partial charge in [-0.25, -0.2) is 4.79 Å². The van der Waals surface area contributed by atoms with Gasteiger partial charge in [-0.05, 0) is 61.3 Å². The number of thioether (sulfide) groups is 2. The zero-order chi connectivity index (χ0) is 30.6. The number of carbonyl (C=O) groups excluding carboxylic acids is 2. The molecular formula is C28H52N2O7S2. The third kappa shape index (κ3) is 14.8. The number of rotatable bonds is 17. The molecule has 1 rings (SSSR count). The Morgan fingerprint density at radius 1 is 0.872 bits per heavy atom. The van der Waals surface area contributed by atoms with Crippen LogP contribution in [0.3, 0.4) is 0 Å². The number of aliphatic carboxylic acids is 2. The van der Waals surface area contributed by atoms with Crippen molar-refractivity contribution in [1.29, 1.82) is 0 Å². The molecule has 1 amide bonds. The third-order valence-corrected chi connectivity index (χ3v) is 9.28. The molecule has 1 aliphatic carbocycles. The Labute approximate surface area is 243 Å². The van der Waals surface area contributed by atoms with Crippen LogP contribution in [0.2, 0.25) is 0 Å². The number of Topliss-reactive ketones (excluding diaryl/α,β-unsaturated/α-hetero) is 1. The van der Waals surface area contributed by atoms with Crippen LogP contribution in [0.5, 0.6) is 0 Å². The maximum Gasteiger partial charge on any atom is 0.327 e. The zero-order valence-electron chi connectivity index (χ0n) is 25.5. The Morgan fingerprint density at radius 2 is 1.33 bits per heavy atom. The number of hydrogen-bond acceptors (Lipinski definition) is 8. The summed E-state index contributed by atoms with van der Waals surface area (Å²) < 4.78 is 5.88. The Balaban J connectivity index is 0.00000704. The van der Waals surface area contributed by atoms with Crippen LogP contribution in [-0.4, -0.2) is 85.7 Å². The van der Waals surface area contributed by atoms with Gasteiger partial charge in [-0.15, -0.1) is 0 Å². The lowest BCUT2D eigenvalue weighted by atomic mass is 9.92. The van der Waals surface area contributed by atoms with E-state index in [0.717, 1.165) is 12.8 Å². The topological polar surface area (TPSA) is 142 Å². The lowest BCUT2D eigenvalue weighted by Crippen LogP contribution is -2.50. The number of nitrogens with one attached hydrogen (secondary N) is 2. The molecule has 0 saturated heterocycles. The second-order valence-corrected chi connectivity index (χ2v) is 14.5. The normalized spacial score (nSPS) is 19.1. The molecule has 0 spiro atoms. The molecule has 0 aromatic heterocycles. The second-order valence-electron chi connectivity index (χ2n) is 12.0. The van der Waals surface area contributed by atoms with Crippen molar-refractivity contribution in [3.05, 3.63) is 0 Å². The van der Waals surface area contributed by atoms with E-state index in [1.807, 2.05) is 34.6 Å². The Kier molecular flexibility index (Phi) is 16.3. The molecule has 0 aromatic rings. The van der Waals surface area contributed by atoms with Crippen molar-refractivity contribution in [3.63, 3.8) is 0 Å². The van der Waals surface area contributed by atoms with Crippen LogP contribution < -0.4 is 10.6 Å². The van der Waals surface area contributed by atoms with Crippen LogP contribution in [0.4, 0.5) is 0 Å². The summed E-state index contributed by atoms with van der Waals surface area (Å²) in [7, 11) is 0. The molecule has 1 saturated carbocycles. The molecule has 0 radical (unpaired) electrons. The first kappa shape index (κ1) is 37.7. The molecule has 0 heterocycles. The Morgan fingerprint density at radius 3 is 1.72 bits per heavy atom. The van der Waals surface area contributed by atoms with Gasteiger partial charge in [-0.2, -0.15) is 23.5 Å². The van der Waals surface area contributed by atoms with Crippen molar-refractivity contribution in [1.82, 2.24) is 10.6 Å². The fourth-order valence-electron chi connectivity index (χ4n) is 3.58. The van der Waals surface area contributed by atoms with Gasteiger partial charge in [0.25, 0.3) is 0 Å². The van der Waals surface area contributed by atoms with Crippen LogP contribution in [0.15, 0.2) is 0 Å². The van der Waals surface area contributed by atoms with Crippen molar-refractivity contribution in [2.75, 3.05) is 18.1 Å². The van der Waals surface area contributed by atoms with Crippen LogP contribution in [-0.2, 0) is 23.9 Å². The highest BCUT2D eigenvalue weighted by Gasteiger charge is 2.37. The van der Waals surface area contributed by atoms with Gasteiger partial charge in [0.2, 0.25) is 5.91 Å². The van der Waals surface area contributed by atoms with Gasteiger partial charge in [0, 0.05) is 40.4 Å². The van der Waals surface area contributed by atoms with Crippen LogP contribution in [0.25, 0.3) is 0 Å². The summed E-state index contributed by atoms with van der Waals surface area (Å²) in [4.78, 5) is 48.2. The first-order chi connectivity index (χ1) is 17.9. The minimum absolute atomic E-state index is 0.0526. The van der Waals surface area contributed by atoms with Gasteiger partial charge in [0.1, 0.15) is 17.9 Å². The van der Waals surface area contributed by atoms with E-state index >= 15 is 0 Å². The predicted molar refractivity (Wildman–Crippen MR) is 161 cm³/mol. The predicted octanol–water partition coefficient (Wildman–Crippen LogP) is 4.61. The highest BCUT2D eigenvalue weighted by Crippen LogP contribution is 2.40. The lowest BCUT2D eigenvalue weighted by molar-refractivity contribution is -0.146. The smallest absolute Gasteiger partial charge is 0.327 e. The third-order valence-electron chi connectivity index (χ3n) is 6.07. The number of carbonyl (C=O) groups is 4. The number of carboxylic acid groups (broad SMARTS) is 2. The standard InChI is InChI=1S/C26H46N2O7S2.C2H6/c1-9-16(29)12-26(7,8)35-15-25(5,6)23(34)27-17(21(30)31)13-36-19-10-11-20(19)37-14-18(22(32)33)28-24(2,3)4;1-2/h17-20,28H,9-15H2,1-8H3,(H,27,34)(H,30,31)(H,32,33);1-2H3. The van der Waals surface area contributed by atoms with Gasteiger partial charge in [-0.1, -0.05) is 20.8 Å². The Bertz CT molecular complexity index is 812. The van der Waals surface area contributed by atoms with Gasteiger partial charge in [0.15, 0.2) is 0 Å². The molecule has 228 valence electrons. The van der Waals surface area contributed by atoms with Crippen molar-refractivity contribution in [2.45, 2.75) is 129 Å². The van der Waals surface area contributed by atoms with Crippen molar-refractivity contribution < 1.29 is 34.1 Å². The second kappa shape index (κ2) is 16.8. The van der Waals surface area contributed by atoms with E-state index in [1.165, 1.54) is 11.8 Å². The molecule has 4 atom stereocenters. The molecular weight excluding hydrogens is 540 g/mol. The maximum absolute atomic E-state index is 12.9. The Hall–Kier alpha value is -1.30. The maximum atomic E-state index is 12.9. The van der Waals surface area contributed by atoms with Gasteiger partial charge >= 0.3 is 11.9 Å².